The van der Waals surface area contributed by atoms with Gasteiger partial charge in [0.25, 0.3) is 5.91 Å². The normalized spacial score (nSPS) is 22.1. The molecule has 1 aromatic heterocycles. The number of likely N-dealkylation sites (tertiary alicyclic amines) is 1. The number of esters is 1. The zero-order chi connectivity index (χ0) is 21.3. The van der Waals surface area contributed by atoms with E-state index in [1.807, 2.05) is 30.3 Å². The summed E-state index contributed by atoms with van der Waals surface area (Å²) in [5.74, 6) is -1.91. The molecule has 2 aromatic rings. The van der Waals surface area contributed by atoms with Crippen molar-refractivity contribution in [3.63, 3.8) is 0 Å². The molecular formula is C22H24N2O6. The van der Waals surface area contributed by atoms with Crippen molar-refractivity contribution < 1.29 is 28.3 Å². The lowest BCUT2D eigenvalue weighted by atomic mass is 9.81. The molecule has 0 radical (unpaired) electrons. The Hall–Kier alpha value is -3.16. The molecule has 1 saturated heterocycles. The Kier molecular flexibility index (Phi) is 5.57. The third-order valence-electron chi connectivity index (χ3n) is 5.83. The summed E-state index contributed by atoms with van der Waals surface area (Å²) in [5.41, 5.74) is 0.723. The van der Waals surface area contributed by atoms with Crippen LogP contribution < -0.4 is 5.32 Å². The fourth-order valence-electron chi connectivity index (χ4n) is 4.28. The number of imide groups is 1. The number of furan rings is 1. The number of fused-ring (bicyclic) bond motifs is 2. The van der Waals surface area contributed by atoms with Crippen molar-refractivity contribution in [2.45, 2.75) is 38.6 Å². The van der Waals surface area contributed by atoms with Crippen LogP contribution in [0.4, 0.5) is 0 Å². The van der Waals surface area contributed by atoms with Crippen LogP contribution in [0.5, 0.6) is 0 Å². The van der Waals surface area contributed by atoms with Crippen molar-refractivity contribution in [2.24, 2.45) is 11.8 Å². The molecule has 0 unspecified atom stereocenters. The van der Waals surface area contributed by atoms with Gasteiger partial charge in [0.2, 0.25) is 11.8 Å². The first-order valence-corrected chi connectivity index (χ1v) is 10.2. The highest BCUT2D eigenvalue weighted by atomic mass is 16.5. The number of carbonyl (C=O) groups is 4. The summed E-state index contributed by atoms with van der Waals surface area (Å²) in [4.78, 5) is 50.0. The van der Waals surface area contributed by atoms with E-state index >= 15 is 0 Å². The van der Waals surface area contributed by atoms with Crippen molar-refractivity contribution in [1.82, 2.24) is 10.2 Å². The molecule has 2 heterocycles. The van der Waals surface area contributed by atoms with Gasteiger partial charge in [0.15, 0.2) is 6.61 Å². The van der Waals surface area contributed by atoms with Gasteiger partial charge in [0.1, 0.15) is 17.9 Å². The topological polar surface area (TPSA) is 106 Å². The summed E-state index contributed by atoms with van der Waals surface area (Å²) in [6.45, 7) is 0.824. The number of carbonyl (C=O) groups excluding carboxylic acids is 4. The van der Waals surface area contributed by atoms with E-state index < -0.39 is 31.1 Å². The van der Waals surface area contributed by atoms with Gasteiger partial charge >= 0.3 is 5.97 Å². The lowest BCUT2D eigenvalue weighted by Crippen LogP contribution is -2.38. The van der Waals surface area contributed by atoms with E-state index in [1.54, 1.807) is 6.92 Å². The van der Waals surface area contributed by atoms with E-state index in [0.717, 1.165) is 28.7 Å². The van der Waals surface area contributed by atoms with Crippen LogP contribution in [0.1, 0.15) is 44.4 Å². The Bertz CT molecular complexity index is 939. The summed E-state index contributed by atoms with van der Waals surface area (Å²) in [7, 11) is 0. The van der Waals surface area contributed by atoms with Crippen LogP contribution in [0, 0.1) is 11.8 Å². The number of nitrogens with zero attached hydrogens (tertiary/aromatic N) is 1. The summed E-state index contributed by atoms with van der Waals surface area (Å²) in [6, 6.07) is 8.95. The largest absolute Gasteiger partial charge is 0.459 e. The fourth-order valence-corrected chi connectivity index (χ4v) is 4.28. The Balaban J connectivity index is 1.27. The van der Waals surface area contributed by atoms with Gasteiger partial charge in [-0.25, -0.2) is 0 Å². The number of benzene rings is 1. The van der Waals surface area contributed by atoms with E-state index in [2.05, 4.69) is 5.32 Å². The zero-order valence-corrected chi connectivity index (χ0v) is 16.8. The van der Waals surface area contributed by atoms with Crippen molar-refractivity contribution in [2.75, 3.05) is 13.2 Å². The minimum absolute atomic E-state index is 0.301. The minimum Gasteiger partial charge on any atom is -0.459 e. The molecule has 1 saturated carbocycles. The molecular weight excluding hydrogens is 388 g/mol. The van der Waals surface area contributed by atoms with Crippen LogP contribution in [-0.4, -0.2) is 41.7 Å². The van der Waals surface area contributed by atoms with Gasteiger partial charge in [-0.3, -0.25) is 24.1 Å². The van der Waals surface area contributed by atoms with Crippen molar-refractivity contribution in [1.29, 1.82) is 0 Å². The van der Waals surface area contributed by atoms with E-state index in [4.69, 9.17) is 9.15 Å². The third-order valence-corrected chi connectivity index (χ3v) is 5.83. The Morgan fingerprint density at radius 3 is 2.50 bits per heavy atom. The molecule has 3 atom stereocenters. The highest BCUT2D eigenvalue weighted by molar-refractivity contribution is 6.07. The molecule has 0 spiro atoms. The average Bonchev–Trinajstić information content (AvgIpc) is 3.28. The number of amides is 3. The molecule has 30 heavy (non-hydrogen) atoms. The summed E-state index contributed by atoms with van der Waals surface area (Å²) in [6.07, 6.45) is 3.20. The molecule has 3 amide bonds. The van der Waals surface area contributed by atoms with Gasteiger partial charge in [-0.15, -0.1) is 0 Å². The first kappa shape index (κ1) is 20.1. The van der Waals surface area contributed by atoms with E-state index in [9.17, 15) is 19.2 Å². The Labute approximate surface area is 173 Å². The third kappa shape index (κ3) is 3.94. The molecule has 2 aliphatic rings. The predicted molar refractivity (Wildman–Crippen MR) is 106 cm³/mol. The Morgan fingerprint density at radius 2 is 1.83 bits per heavy atom. The van der Waals surface area contributed by atoms with E-state index in [0.29, 0.717) is 18.6 Å². The number of para-hydroxylation sites is 1. The molecule has 1 N–H and O–H groups in total. The van der Waals surface area contributed by atoms with Gasteiger partial charge in [-0.05, 0) is 31.9 Å². The molecule has 158 valence electrons. The van der Waals surface area contributed by atoms with Gasteiger partial charge in [-0.1, -0.05) is 31.0 Å². The standard InChI is InChI=1S/C22H24N2O6/c1-13(18-10-14-6-2-5-9-17(14)30-18)23-19(25)12-29-20(26)11-24-21(27)15-7-3-4-8-16(15)22(24)28/h2,5-6,9-10,13,15-16H,3-4,7-8,11-12H2,1H3,(H,23,25)/t13-,15+,16+/m1/s1. The van der Waals surface area contributed by atoms with Crippen molar-refractivity contribution in [3.8, 4) is 0 Å². The molecule has 1 aliphatic carbocycles. The highest BCUT2D eigenvalue weighted by Gasteiger charge is 2.48. The summed E-state index contributed by atoms with van der Waals surface area (Å²) < 4.78 is 10.7. The van der Waals surface area contributed by atoms with Gasteiger partial charge in [0, 0.05) is 5.39 Å². The van der Waals surface area contributed by atoms with Crippen LogP contribution in [0.15, 0.2) is 34.7 Å². The SMILES string of the molecule is C[C@@H](NC(=O)COC(=O)CN1C(=O)[C@H]2CCCC[C@@H]2C1=O)c1cc2ccccc2o1. The lowest BCUT2D eigenvalue weighted by molar-refractivity contribution is -0.155. The molecule has 1 aromatic carbocycles. The maximum absolute atomic E-state index is 12.4. The van der Waals surface area contributed by atoms with E-state index in [-0.39, 0.29) is 23.7 Å². The van der Waals surface area contributed by atoms with Crippen molar-refractivity contribution >= 4 is 34.7 Å². The summed E-state index contributed by atoms with van der Waals surface area (Å²) in [5, 5.41) is 3.64. The maximum atomic E-state index is 12.4. The minimum atomic E-state index is -0.776. The molecule has 8 heteroatoms. The predicted octanol–water partition coefficient (Wildman–Crippen LogP) is 2.33. The monoisotopic (exact) mass is 412 g/mol. The van der Waals surface area contributed by atoms with Gasteiger partial charge in [0.05, 0.1) is 17.9 Å². The first-order chi connectivity index (χ1) is 14.4. The molecule has 8 nitrogen and oxygen atoms in total. The number of hydrogen-bond acceptors (Lipinski definition) is 6. The zero-order valence-electron chi connectivity index (χ0n) is 16.8. The second kappa shape index (κ2) is 8.30. The molecule has 4 rings (SSSR count). The van der Waals surface area contributed by atoms with Crippen LogP contribution >= 0.6 is 0 Å². The highest BCUT2D eigenvalue weighted by Crippen LogP contribution is 2.37. The smallest absolute Gasteiger partial charge is 0.326 e. The van der Waals surface area contributed by atoms with E-state index in [1.165, 1.54) is 0 Å². The van der Waals surface area contributed by atoms with Crippen LogP contribution in [0.3, 0.4) is 0 Å². The fraction of sp³-hybridized carbons (Fsp3) is 0.455. The Morgan fingerprint density at radius 1 is 1.17 bits per heavy atom. The molecule has 1 aliphatic heterocycles. The number of nitrogens with one attached hydrogen (secondary N) is 1. The molecule has 2 fully saturated rings. The average molecular weight is 412 g/mol. The second-order valence-corrected chi connectivity index (χ2v) is 7.90. The van der Waals surface area contributed by atoms with Gasteiger partial charge in [-0.2, -0.15) is 0 Å². The van der Waals surface area contributed by atoms with Crippen LogP contribution in [0.2, 0.25) is 0 Å². The summed E-state index contributed by atoms with van der Waals surface area (Å²) >= 11 is 0. The quantitative estimate of drug-likeness (QED) is 0.577. The van der Waals surface area contributed by atoms with Crippen LogP contribution in [-0.2, 0) is 23.9 Å². The lowest BCUT2D eigenvalue weighted by Gasteiger charge is -2.19. The van der Waals surface area contributed by atoms with Gasteiger partial charge < -0.3 is 14.5 Å². The first-order valence-electron chi connectivity index (χ1n) is 10.2. The van der Waals surface area contributed by atoms with Crippen molar-refractivity contribution in [3.05, 3.63) is 36.1 Å². The van der Waals surface area contributed by atoms with Crippen LogP contribution in [0.25, 0.3) is 11.0 Å². The number of ether oxygens (including phenoxy) is 1. The number of rotatable bonds is 6. The number of hydrogen-bond donors (Lipinski definition) is 1. The molecule has 0 bridgehead atoms. The maximum Gasteiger partial charge on any atom is 0.326 e. The second-order valence-electron chi connectivity index (χ2n) is 7.90.